The Bertz CT molecular complexity index is 918. The lowest BCUT2D eigenvalue weighted by Gasteiger charge is -2.14. The number of aliphatic hydroxyl groups excluding tert-OH is 1. The van der Waals surface area contributed by atoms with Gasteiger partial charge in [0.1, 0.15) is 5.82 Å². The van der Waals surface area contributed by atoms with Gasteiger partial charge in [-0.15, -0.1) is 0 Å². The number of pyridine rings is 1. The van der Waals surface area contributed by atoms with Crippen LogP contribution >= 0.6 is 0 Å². The molecular formula is C18H18N6O3. The van der Waals surface area contributed by atoms with Crippen LogP contribution in [0.1, 0.15) is 6.92 Å². The van der Waals surface area contributed by atoms with E-state index in [4.69, 9.17) is 0 Å². The molecule has 0 aliphatic heterocycles. The molecule has 9 heteroatoms. The van der Waals surface area contributed by atoms with Gasteiger partial charge in [-0.25, -0.2) is 4.98 Å². The van der Waals surface area contributed by atoms with Crippen molar-refractivity contribution in [2.24, 2.45) is 0 Å². The fraction of sp³-hybridized carbons (Fsp3) is 0.167. The van der Waals surface area contributed by atoms with Crippen LogP contribution in [-0.4, -0.2) is 37.6 Å². The van der Waals surface area contributed by atoms with Crippen molar-refractivity contribution >= 4 is 23.1 Å². The van der Waals surface area contributed by atoms with Crippen molar-refractivity contribution in [1.82, 2.24) is 15.0 Å². The Morgan fingerprint density at radius 2 is 1.85 bits per heavy atom. The zero-order valence-corrected chi connectivity index (χ0v) is 14.5. The number of non-ortho nitro benzene ring substituents is 1. The summed E-state index contributed by atoms with van der Waals surface area (Å²) in [5, 5.41) is 26.2. The molecule has 0 unspecified atom stereocenters. The number of hydrogen-bond acceptors (Lipinski definition) is 8. The average Bonchev–Trinajstić information content (AvgIpc) is 2.69. The normalized spacial score (nSPS) is 11.6. The van der Waals surface area contributed by atoms with Gasteiger partial charge in [0.25, 0.3) is 5.69 Å². The molecule has 2 aromatic heterocycles. The van der Waals surface area contributed by atoms with E-state index in [-0.39, 0.29) is 18.3 Å². The number of nitrogens with one attached hydrogen (secondary N) is 2. The molecule has 3 rings (SSSR count). The van der Waals surface area contributed by atoms with E-state index in [1.165, 1.54) is 12.1 Å². The molecule has 0 amide bonds. The monoisotopic (exact) mass is 366 g/mol. The van der Waals surface area contributed by atoms with Gasteiger partial charge in [0, 0.05) is 47.9 Å². The highest BCUT2D eigenvalue weighted by Gasteiger charge is 2.10. The summed E-state index contributed by atoms with van der Waals surface area (Å²) >= 11 is 0. The van der Waals surface area contributed by atoms with Gasteiger partial charge >= 0.3 is 0 Å². The predicted molar refractivity (Wildman–Crippen MR) is 102 cm³/mol. The average molecular weight is 366 g/mol. The highest BCUT2D eigenvalue weighted by molar-refractivity contribution is 5.67. The predicted octanol–water partition coefficient (Wildman–Crippen LogP) is 2.98. The molecule has 0 aliphatic rings. The maximum absolute atomic E-state index is 10.8. The summed E-state index contributed by atoms with van der Waals surface area (Å²) < 4.78 is 0. The molecule has 2 heterocycles. The van der Waals surface area contributed by atoms with Crippen molar-refractivity contribution in [3.63, 3.8) is 0 Å². The van der Waals surface area contributed by atoms with Crippen molar-refractivity contribution < 1.29 is 10.0 Å². The Morgan fingerprint density at radius 1 is 1.15 bits per heavy atom. The largest absolute Gasteiger partial charge is 0.394 e. The Kier molecular flexibility index (Phi) is 5.53. The summed E-state index contributed by atoms with van der Waals surface area (Å²) in [6.07, 6.45) is 3.34. The maximum atomic E-state index is 10.8. The second-order valence-corrected chi connectivity index (χ2v) is 5.85. The van der Waals surface area contributed by atoms with Gasteiger partial charge in [0.2, 0.25) is 5.95 Å². The van der Waals surface area contributed by atoms with Gasteiger partial charge in [0.15, 0.2) is 0 Å². The Balaban J connectivity index is 1.93. The van der Waals surface area contributed by atoms with E-state index in [0.717, 1.165) is 5.56 Å². The third kappa shape index (κ3) is 4.73. The van der Waals surface area contributed by atoms with Crippen LogP contribution < -0.4 is 10.6 Å². The number of aromatic nitrogens is 3. The van der Waals surface area contributed by atoms with Gasteiger partial charge < -0.3 is 15.7 Å². The second kappa shape index (κ2) is 8.19. The minimum atomic E-state index is -0.450. The Morgan fingerprint density at radius 3 is 2.48 bits per heavy atom. The zero-order chi connectivity index (χ0) is 19.2. The minimum absolute atomic E-state index is 0.0137. The molecule has 0 saturated heterocycles. The molecule has 1 atom stereocenters. The van der Waals surface area contributed by atoms with E-state index in [2.05, 4.69) is 25.6 Å². The van der Waals surface area contributed by atoms with E-state index in [9.17, 15) is 15.2 Å². The molecule has 0 fully saturated rings. The molecular weight excluding hydrogens is 348 g/mol. The lowest BCUT2D eigenvalue weighted by atomic mass is 10.2. The summed E-state index contributed by atoms with van der Waals surface area (Å²) in [6.45, 7) is 1.75. The highest BCUT2D eigenvalue weighted by Crippen LogP contribution is 2.24. The summed E-state index contributed by atoms with van der Waals surface area (Å²) in [6, 6.07) is 11.3. The van der Waals surface area contributed by atoms with Crippen molar-refractivity contribution in [3.05, 3.63) is 65.0 Å². The van der Waals surface area contributed by atoms with Crippen LogP contribution in [0.3, 0.4) is 0 Å². The first kappa shape index (κ1) is 18.2. The molecule has 138 valence electrons. The number of rotatable bonds is 7. The summed E-state index contributed by atoms with van der Waals surface area (Å²) in [5.41, 5.74) is 2.20. The highest BCUT2D eigenvalue weighted by atomic mass is 16.6. The van der Waals surface area contributed by atoms with Gasteiger partial charge in [-0.1, -0.05) is 0 Å². The molecule has 0 spiro atoms. The molecule has 9 nitrogen and oxygen atoms in total. The van der Waals surface area contributed by atoms with Crippen LogP contribution in [0, 0.1) is 10.1 Å². The molecule has 1 aromatic carbocycles. The lowest BCUT2D eigenvalue weighted by Crippen LogP contribution is -2.21. The minimum Gasteiger partial charge on any atom is -0.394 e. The fourth-order valence-corrected chi connectivity index (χ4v) is 2.33. The van der Waals surface area contributed by atoms with E-state index in [0.29, 0.717) is 23.1 Å². The van der Waals surface area contributed by atoms with Crippen LogP contribution in [0.2, 0.25) is 0 Å². The summed E-state index contributed by atoms with van der Waals surface area (Å²) in [4.78, 5) is 23.2. The van der Waals surface area contributed by atoms with Crippen molar-refractivity contribution in [3.8, 4) is 11.3 Å². The van der Waals surface area contributed by atoms with Crippen LogP contribution in [0.5, 0.6) is 0 Å². The number of hydrogen-bond donors (Lipinski definition) is 3. The first-order chi connectivity index (χ1) is 13.0. The van der Waals surface area contributed by atoms with E-state index in [1.807, 2.05) is 19.1 Å². The smallest absolute Gasteiger partial charge is 0.269 e. The van der Waals surface area contributed by atoms with Crippen LogP contribution in [0.15, 0.2) is 54.9 Å². The Hall–Kier alpha value is -3.59. The van der Waals surface area contributed by atoms with Crippen LogP contribution in [-0.2, 0) is 0 Å². The number of nitrogens with zero attached hydrogens (tertiary/aromatic N) is 4. The summed E-state index contributed by atoms with van der Waals surface area (Å²) in [5.74, 6) is 0.869. The quantitative estimate of drug-likeness (QED) is 0.430. The van der Waals surface area contributed by atoms with Gasteiger partial charge in [0.05, 0.1) is 17.2 Å². The topological polar surface area (TPSA) is 126 Å². The lowest BCUT2D eigenvalue weighted by molar-refractivity contribution is -0.384. The number of nitro benzene ring substituents is 1. The first-order valence-corrected chi connectivity index (χ1v) is 8.23. The summed E-state index contributed by atoms with van der Waals surface area (Å²) in [7, 11) is 0. The van der Waals surface area contributed by atoms with Crippen molar-refractivity contribution in [2.75, 3.05) is 17.2 Å². The van der Waals surface area contributed by atoms with Crippen molar-refractivity contribution in [2.45, 2.75) is 13.0 Å². The zero-order valence-electron chi connectivity index (χ0n) is 14.5. The third-order valence-corrected chi connectivity index (χ3v) is 3.70. The fourth-order valence-electron chi connectivity index (χ4n) is 2.33. The third-order valence-electron chi connectivity index (χ3n) is 3.70. The second-order valence-electron chi connectivity index (χ2n) is 5.85. The molecule has 0 bridgehead atoms. The van der Waals surface area contributed by atoms with Gasteiger partial charge in [-0.3, -0.25) is 15.1 Å². The number of anilines is 3. The van der Waals surface area contributed by atoms with E-state index < -0.39 is 4.92 Å². The SMILES string of the molecule is C[C@@H](CO)Nc1nc(Nc2ccc([N+](=O)[O-])cc2)cc(-c2ccncc2)n1. The standard InChI is InChI=1S/C18H18N6O3/c1-12(11-25)20-18-22-16(13-6-8-19-9-7-13)10-17(23-18)21-14-2-4-15(5-3-14)24(26)27/h2-10,12,25H,11H2,1H3,(H2,20,21,22,23)/t12-/m0/s1. The molecule has 3 N–H and O–H groups in total. The van der Waals surface area contributed by atoms with Crippen LogP contribution in [0.4, 0.5) is 23.1 Å². The van der Waals surface area contributed by atoms with Gasteiger partial charge in [-0.05, 0) is 31.2 Å². The molecule has 0 radical (unpaired) electrons. The van der Waals surface area contributed by atoms with Crippen LogP contribution in [0.25, 0.3) is 11.3 Å². The number of aliphatic hydroxyl groups is 1. The van der Waals surface area contributed by atoms with E-state index in [1.54, 1.807) is 30.6 Å². The molecule has 0 aliphatic carbocycles. The molecule has 3 aromatic rings. The first-order valence-electron chi connectivity index (χ1n) is 8.23. The Labute approximate surface area is 155 Å². The van der Waals surface area contributed by atoms with Crippen molar-refractivity contribution in [1.29, 1.82) is 0 Å². The maximum Gasteiger partial charge on any atom is 0.269 e. The molecule has 27 heavy (non-hydrogen) atoms. The molecule has 0 saturated carbocycles. The number of nitro groups is 1. The number of benzene rings is 1. The van der Waals surface area contributed by atoms with Gasteiger partial charge in [-0.2, -0.15) is 4.98 Å². The van der Waals surface area contributed by atoms with E-state index >= 15 is 0 Å².